The third-order valence-corrected chi connectivity index (χ3v) is 4.90. The van der Waals surface area contributed by atoms with Crippen molar-refractivity contribution >= 4 is 0 Å². The highest BCUT2D eigenvalue weighted by atomic mass is 16.6. The molecular weight excluding hydrogens is 272 g/mol. The molecule has 1 aliphatic heterocycles. The molecule has 2 aromatic rings. The molecule has 2 aromatic carbocycles. The Morgan fingerprint density at radius 2 is 1.64 bits per heavy atom. The molecule has 4 rings (SSSR count). The molecule has 1 heterocycles. The van der Waals surface area contributed by atoms with Crippen LogP contribution in [0.5, 0.6) is 0 Å². The lowest BCUT2D eigenvalue weighted by atomic mass is 9.83. The van der Waals surface area contributed by atoms with Crippen LogP contribution in [-0.2, 0) is 22.5 Å². The lowest BCUT2D eigenvalue weighted by Gasteiger charge is -2.24. The number of hydrogen-bond donors (Lipinski definition) is 0. The molecular formula is C20H22O2. The Labute approximate surface area is 132 Å². The van der Waals surface area contributed by atoms with Crippen molar-refractivity contribution in [3.63, 3.8) is 0 Å². The number of ether oxygens (including phenoxy) is 2. The number of rotatable bonds is 5. The molecule has 3 atom stereocenters. The first-order valence-electron chi connectivity index (χ1n) is 8.23. The molecule has 114 valence electrons. The van der Waals surface area contributed by atoms with Gasteiger partial charge >= 0.3 is 0 Å². The fourth-order valence-corrected chi connectivity index (χ4v) is 3.71. The van der Waals surface area contributed by atoms with Crippen molar-refractivity contribution < 1.29 is 9.47 Å². The average molecular weight is 294 g/mol. The molecule has 2 aliphatic rings. The van der Waals surface area contributed by atoms with Crippen molar-refractivity contribution in [2.24, 2.45) is 0 Å². The molecule has 2 fully saturated rings. The molecule has 0 unspecified atom stereocenters. The van der Waals surface area contributed by atoms with Gasteiger partial charge in [-0.2, -0.15) is 0 Å². The van der Waals surface area contributed by atoms with E-state index in [9.17, 15) is 0 Å². The number of benzene rings is 2. The van der Waals surface area contributed by atoms with Crippen molar-refractivity contribution in [2.45, 2.75) is 50.1 Å². The zero-order chi connectivity index (χ0) is 14.8. The minimum Gasteiger partial charge on any atom is -0.371 e. The molecule has 22 heavy (non-hydrogen) atoms. The van der Waals surface area contributed by atoms with E-state index >= 15 is 0 Å². The van der Waals surface area contributed by atoms with Crippen LogP contribution in [0.25, 0.3) is 0 Å². The van der Waals surface area contributed by atoms with Gasteiger partial charge in [0.25, 0.3) is 0 Å². The minimum absolute atomic E-state index is 0.0426. The predicted molar refractivity (Wildman–Crippen MR) is 86.6 cm³/mol. The van der Waals surface area contributed by atoms with Crippen molar-refractivity contribution in [2.75, 3.05) is 0 Å². The summed E-state index contributed by atoms with van der Waals surface area (Å²) in [6.45, 7) is 0.687. The van der Waals surface area contributed by atoms with Crippen molar-refractivity contribution in [3.8, 4) is 0 Å². The molecule has 0 spiro atoms. The van der Waals surface area contributed by atoms with Gasteiger partial charge in [0.15, 0.2) is 0 Å². The summed E-state index contributed by atoms with van der Waals surface area (Å²) >= 11 is 0. The summed E-state index contributed by atoms with van der Waals surface area (Å²) in [5.74, 6) is 0. The Morgan fingerprint density at radius 3 is 2.36 bits per heavy atom. The third-order valence-electron chi connectivity index (χ3n) is 4.90. The molecule has 1 saturated heterocycles. The first-order chi connectivity index (χ1) is 10.9. The van der Waals surface area contributed by atoms with Gasteiger partial charge in [0.05, 0.1) is 12.7 Å². The summed E-state index contributed by atoms with van der Waals surface area (Å²) in [6.07, 6.45) is 5.03. The monoisotopic (exact) mass is 294 g/mol. The molecule has 1 aliphatic carbocycles. The SMILES string of the molecule is c1ccc(CO[C@H]2CCC[C@@]3(Cc4ccccc4)O[C@@H]23)cc1. The molecule has 0 radical (unpaired) electrons. The van der Waals surface area contributed by atoms with Crippen LogP contribution in [0.2, 0.25) is 0 Å². The summed E-state index contributed by atoms with van der Waals surface area (Å²) in [6, 6.07) is 21.1. The molecule has 1 saturated carbocycles. The van der Waals surface area contributed by atoms with Crippen molar-refractivity contribution in [1.29, 1.82) is 0 Å². The van der Waals surface area contributed by atoms with Gasteiger partial charge in [-0.3, -0.25) is 0 Å². The molecule has 0 aromatic heterocycles. The van der Waals surface area contributed by atoms with Crippen LogP contribution in [-0.4, -0.2) is 17.8 Å². The fourth-order valence-electron chi connectivity index (χ4n) is 3.71. The van der Waals surface area contributed by atoms with E-state index in [1.807, 2.05) is 6.07 Å². The highest BCUT2D eigenvalue weighted by Gasteiger charge is 2.61. The largest absolute Gasteiger partial charge is 0.371 e. The van der Waals surface area contributed by atoms with Crippen molar-refractivity contribution in [3.05, 3.63) is 71.8 Å². The molecule has 0 amide bonds. The van der Waals surface area contributed by atoms with Crippen LogP contribution in [0.1, 0.15) is 30.4 Å². The van der Waals surface area contributed by atoms with E-state index in [0.29, 0.717) is 6.61 Å². The van der Waals surface area contributed by atoms with E-state index in [0.717, 1.165) is 19.3 Å². The zero-order valence-corrected chi connectivity index (χ0v) is 12.8. The van der Waals surface area contributed by atoms with E-state index in [4.69, 9.17) is 9.47 Å². The van der Waals surface area contributed by atoms with Crippen LogP contribution in [0, 0.1) is 0 Å². The molecule has 0 N–H and O–H groups in total. The molecule has 0 bridgehead atoms. The first kappa shape index (κ1) is 14.0. The summed E-state index contributed by atoms with van der Waals surface area (Å²) < 4.78 is 12.3. The quantitative estimate of drug-likeness (QED) is 0.773. The van der Waals surface area contributed by atoms with Gasteiger partial charge in [-0.15, -0.1) is 0 Å². The Morgan fingerprint density at radius 1 is 0.955 bits per heavy atom. The summed E-state index contributed by atoms with van der Waals surface area (Å²) in [7, 11) is 0. The van der Waals surface area contributed by atoms with Crippen LogP contribution in [0.15, 0.2) is 60.7 Å². The summed E-state index contributed by atoms with van der Waals surface area (Å²) in [5.41, 5.74) is 2.65. The number of fused-ring (bicyclic) bond motifs is 1. The van der Waals surface area contributed by atoms with Crippen LogP contribution < -0.4 is 0 Å². The second kappa shape index (κ2) is 5.86. The molecule has 2 heteroatoms. The summed E-state index contributed by atoms with van der Waals surface area (Å²) in [4.78, 5) is 0. The summed E-state index contributed by atoms with van der Waals surface area (Å²) in [5, 5.41) is 0. The predicted octanol–water partition coefficient (Wildman–Crippen LogP) is 4.14. The highest BCUT2D eigenvalue weighted by Crippen LogP contribution is 2.50. The second-order valence-corrected chi connectivity index (χ2v) is 6.49. The van der Waals surface area contributed by atoms with Gasteiger partial charge < -0.3 is 9.47 Å². The number of hydrogen-bond acceptors (Lipinski definition) is 2. The smallest absolute Gasteiger partial charge is 0.114 e. The Balaban J connectivity index is 1.38. The maximum atomic E-state index is 6.16. The third kappa shape index (κ3) is 2.81. The average Bonchev–Trinajstić information content (AvgIpc) is 3.29. The topological polar surface area (TPSA) is 21.8 Å². The lowest BCUT2D eigenvalue weighted by molar-refractivity contribution is 0.0120. The number of epoxide rings is 1. The maximum absolute atomic E-state index is 6.16. The lowest BCUT2D eigenvalue weighted by Crippen LogP contribution is -2.33. The maximum Gasteiger partial charge on any atom is 0.114 e. The zero-order valence-electron chi connectivity index (χ0n) is 12.8. The van der Waals surface area contributed by atoms with E-state index in [2.05, 4.69) is 54.6 Å². The van der Waals surface area contributed by atoms with E-state index < -0.39 is 0 Å². The Bertz CT molecular complexity index is 610. The van der Waals surface area contributed by atoms with Gasteiger partial charge in [0.1, 0.15) is 11.7 Å². The van der Waals surface area contributed by atoms with Crippen molar-refractivity contribution in [1.82, 2.24) is 0 Å². The second-order valence-electron chi connectivity index (χ2n) is 6.49. The Hall–Kier alpha value is -1.64. The van der Waals surface area contributed by atoms with Gasteiger partial charge in [-0.25, -0.2) is 0 Å². The molecule has 2 nitrogen and oxygen atoms in total. The van der Waals surface area contributed by atoms with E-state index in [1.54, 1.807) is 0 Å². The van der Waals surface area contributed by atoms with Gasteiger partial charge in [-0.1, -0.05) is 60.7 Å². The minimum atomic E-state index is 0.0426. The van der Waals surface area contributed by atoms with Crippen LogP contribution >= 0.6 is 0 Å². The van der Waals surface area contributed by atoms with E-state index in [-0.39, 0.29) is 17.8 Å². The normalized spacial score (nSPS) is 29.8. The van der Waals surface area contributed by atoms with Gasteiger partial charge in [0, 0.05) is 6.42 Å². The van der Waals surface area contributed by atoms with Gasteiger partial charge in [0.2, 0.25) is 0 Å². The highest BCUT2D eigenvalue weighted by molar-refractivity contribution is 5.23. The first-order valence-corrected chi connectivity index (χ1v) is 8.23. The van der Waals surface area contributed by atoms with E-state index in [1.165, 1.54) is 17.5 Å². The van der Waals surface area contributed by atoms with Crippen LogP contribution in [0.3, 0.4) is 0 Å². The standard InChI is InChI=1S/C20H22O2/c1-3-8-16(9-4-1)14-20-13-7-12-18(19(20)22-20)21-15-17-10-5-2-6-11-17/h1-6,8-11,18-19H,7,12-15H2/t18-,19-,20-/m0/s1. The fraction of sp³-hybridized carbons (Fsp3) is 0.400. The van der Waals surface area contributed by atoms with Crippen LogP contribution in [0.4, 0.5) is 0 Å². The Kier molecular flexibility index (Phi) is 3.73. The van der Waals surface area contributed by atoms with Gasteiger partial charge in [-0.05, 0) is 30.4 Å².